The molecule has 1 fully saturated rings. The number of aryl methyl sites for hydroxylation is 2. The molecule has 2 nitrogen and oxygen atoms in total. The van der Waals surface area contributed by atoms with Crippen molar-refractivity contribution in [2.45, 2.75) is 64.4 Å². The van der Waals surface area contributed by atoms with Gasteiger partial charge in [-0.3, -0.25) is 0 Å². The van der Waals surface area contributed by atoms with E-state index in [4.69, 9.17) is 5.73 Å². The second kappa shape index (κ2) is 7.24. The van der Waals surface area contributed by atoms with Gasteiger partial charge in [0.2, 0.25) is 0 Å². The average molecular weight is 275 g/mol. The van der Waals surface area contributed by atoms with E-state index in [-0.39, 0.29) is 12.0 Å². The quantitative estimate of drug-likeness (QED) is 0.861. The van der Waals surface area contributed by atoms with E-state index in [9.17, 15) is 5.11 Å². The first-order chi connectivity index (χ1) is 9.61. The molecule has 1 aliphatic carbocycles. The molecule has 1 aliphatic rings. The van der Waals surface area contributed by atoms with Crippen LogP contribution >= 0.6 is 0 Å². The summed E-state index contributed by atoms with van der Waals surface area (Å²) < 4.78 is 0. The lowest BCUT2D eigenvalue weighted by Crippen LogP contribution is -2.28. The summed E-state index contributed by atoms with van der Waals surface area (Å²) in [6, 6.07) is 6.46. The normalized spacial score (nSPS) is 19.8. The maximum atomic E-state index is 10.6. The van der Waals surface area contributed by atoms with Crippen LogP contribution in [0.15, 0.2) is 18.2 Å². The van der Waals surface area contributed by atoms with Crippen molar-refractivity contribution in [3.8, 4) is 0 Å². The SMILES string of the molecule is Cc1ccc(C(CN)C(O)CC2CCCCC2)cc1C. The summed E-state index contributed by atoms with van der Waals surface area (Å²) in [7, 11) is 0. The van der Waals surface area contributed by atoms with Crippen molar-refractivity contribution < 1.29 is 5.11 Å². The smallest absolute Gasteiger partial charge is 0.0623 e. The Hall–Kier alpha value is -0.860. The van der Waals surface area contributed by atoms with Crippen LogP contribution in [-0.4, -0.2) is 17.8 Å². The van der Waals surface area contributed by atoms with E-state index in [1.54, 1.807) is 0 Å². The molecule has 2 atom stereocenters. The van der Waals surface area contributed by atoms with Crippen molar-refractivity contribution in [2.75, 3.05) is 6.54 Å². The molecule has 0 amide bonds. The van der Waals surface area contributed by atoms with E-state index < -0.39 is 0 Å². The highest BCUT2D eigenvalue weighted by atomic mass is 16.3. The second-order valence-electron chi connectivity index (χ2n) is 6.49. The predicted molar refractivity (Wildman–Crippen MR) is 84.9 cm³/mol. The third-order valence-electron chi connectivity index (χ3n) is 4.98. The van der Waals surface area contributed by atoms with Gasteiger partial charge < -0.3 is 10.8 Å². The molecule has 20 heavy (non-hydrogen) atoms. The van der Waals surface area contributed by atoms with E-state index >= 15 is 0 Å². The van der Waals surface area contributed by atoms with Crippen LogP contribution in [0.1, 0.15) is 61.1 Å². The molecule has 1 aromatic carbocycles. The van der Waals surface area contributed by atoms with Crippen LogP contribution in [0.25, 0.3) is 0 Å². The number of rotatable bonds is 5. The summed E-state index contributed by atoms with van der Waals surface area (Å²) in [5.41, 5.74) is 9.71. The molecule has 1 saturated carbocycles. The van der Waals surface area contributed by atoms with Gasteiger partial charge in [-0.25, -0.2) is 0 Å². The van der Waals surface area contributed by atoms with Gasteiger partial charge in [-0.1, -0.05) is 50.3 Å². The summed E-state index contributed by atoms with van der Waals surface area (Å²) in [4.78, 5) is 0. The van der Waals surface area contributed by atoms with Crippen LogP contribution in [0.4, 0.5) is 0 Å². The summed E-state index contributed by atoms with van der Waals surface area (Å²) in [6.45, 7) is 4.77. The van der Waals surface area contributed by atoms with E-state index in [1.165, 1.54) is 48.8 Å². The molecule has 2 unspecified atom stereocenters. The van der Waals surface area contributed by atoms with Gasteiger partial charge in [0.1, 0.15) is 0 Å². The van der Waals surface area contributed by atoms with Gasteiger partial charge in [-0.2, -0.15) is 0 Å². The molecule has 112 valence electrons. The first-order valence-corrected chi connectivity index (χ1v) is 8.07. The monoisotopic (exact) mass is 275 g/mol. The van der Waals surface area contributed by atoms with Crippen molar-refractivity contribution in [3.05, 3.63) is 34.9 Å². The predicted octanol–water partition coefficient (Wildman–Crippen LogP) is 3.68. The van der Waals surface area contributed by atoms with E-state index in [1.807, 2.05) is 0 Å². The maximum absolute atomic E-state index is 10.6. The average Bonchev–Trinajstić information content (AvgIpc) is 2.44. The number of aliphatic hydroxyl groups is 1. The van der Waals surface area contributed by atoms with Crippen molar-refractivity contribution >= 4 is 0 Å². The third-order valence-corrected chi connectivity index (χ3v) is 4.98. The highest BCUT2D eigenvalue weighted by Crippen LogP contribution is 2.31. The molecule has 2 heteroatoms. The molecular weight excluding hydrogens is 246 g/mol. The third kappa shape index (κ3) is 3.83. The number of nitrogens with two attached hydrogens (primary N) is 1. The molecule has 0 spiro atoms. The van der Waals surface area contributed by atoms with Crippen LogP contribution in [0, 0.1) is 19.8 Å². The minimum atomic E-state index is -0.301. The van der Waals surface area contributed by atoms with Crippen LogP contribution in [0.5, 0.6) is 0 Å². The van der Waals surface area contributed by atoms with Gasteiger partial charge >= 0.3 is 0 Å². The number of hydrogen-bond donors (Lipinski definition) is 2. The summed E-state index contributed by atoms with van der Waals surface area (Å²) in [6.07, 6.45) is 7.19. The zero-order valence-corrected chi connectivity index (χ0v) is 12.9. The lowest BCUT2D eigenvalue weighted by atomic mass is 9.81. The highest BCUT2D eigenvalue weighted by Gasteiger charge is 2.24. The first-order valence-electron chi connectivity index (χ1n) is 8.07. The van der Waals surface area contributed by atoms with Crippen LogP contribution in [0.3, 0.4) is 0 Å². The Morgan fingerprint density at radius 2 is 1.85 bits per heavy atom. The zero-order valence-electron chi connectivity index (χ0n) is 12.9. The van der Waals surface area contributed by atoms with Crippen LogP contribution in [-0.2, 0) is 0 Å². The number of aliphatic hydroxyl groups excluding tert-OH is 1. The fourth-order valence-electron chi connectivity index (χ4n) is 3.44. The summed E-state index contributed by atoms with van der Waals surface area (Å²) >= 11 is 0. The molecule has 2 rings (SSSR count). The van der Waals surface area contributed by atoms with Gasteiger partial charge in [0, 0.05) is 12.5 Å². The van der Waals surface area contributed by atoms with E-state index in [2.05, 4.69) is 32.0 Å². The molecular formula is C18H29NO. The second-order valence-corrected chi connectivity index (χ2v) is 6.49. The van der Waals surface area contributed by atoms with Gasteiger partial charge in [0.15, 0.2) is 0 Å². The molecule has 0 heterocycles. The number of benzene rings is 1. The molecule has 0 saturated heterocycles. The Balaban J connectivity index is 2.03. The summed E-state index contributed by atoms with van der Waals surface area (Å²) in [5, 5.41) is 10.6. The van der Waals surface area contributed by atoms with Gasteiger partial charge in [-0.05, 0) is 42.9 Å². The fourth-order valence-corrected chi connectivity index (χ4v) is 3.44. The summed E-state index contributed by atoms with van der Waals surface area (Å²) in [5.74, 6) is 0.774. The highest BCUT2D eigenvalue weighted by molar-refractivity contribution is 5.32. The van der Waals surface area contributed by atoms with E-state index in [0.29, 0.717) is 12.5 Å². The van der Waals surface area contributed by atoms with Crippen LogP contribution in [0.2, 0.25) is 0 Å². The molecule has 0 bridgehead atoms. The Bertz CT molecular complexity index is 423. The molecule has 0 aliphatic heterocycles. The van der Waals surface area contributed by atoms with Gasteiger partial charge in [0.25, 0.3) is 0 Å². The van der Waals surface area contributed by atoms with Crippen molar-refractivity contribution in [2.24, 2.45) is 11.7 Å². The molecule has 0 radical (unpaired) electrons. The first kappa shape index (κ1) is 15.5. The van der Waals surface area contributed by atoms with Crippen molar-refractivity contribution in [3.63, 3.8) is 0 Å². The van der Waals surface area contributed by atoms with Gasteiger partial charge in [-0.15, -0.1) is 0 Å². The Kier molecular flexibility index (Phi) is 5.62. The lowest BCUT2D eigenvalue weighted by molar-refractivity contribution is 0.106. The zero-order chi connectivity index (χ0) is 14.5. The minimum Gasteiger partial charge on any atom is -0.392 e. The largest absolute Gasteiger partial charge is 0.392 e. The standard InChI is InChI=1S/C18H29NO/c1-13-8-9-16(10-14(13)2)17(12-19)18(20)11-15-6-4-3-5-7-15/h8-10,15,17-18,20H,3-7,11-12,19H2,1-2H3. The Labute approximate surface area is 123 Å². The Morgan fingerprint density at radius 1 is 1.15 bits per heavy atom. The fraction of sp³-hybridized carbons (Fsp3) is 0.667. The van der Waals surface area contributed by atoms with Crippen LogP contribution < -0.4 is 5.73 Å². The lowest BCUT2D eigenvalue weighted by Gasteiger charge is -2.28. The minimum absolute atomic E-state index is 0.0798. The topological polar surface area (TPSA) is 46.2 Å². The van der Waals surface area contributed by atoms with E-state index in [0.717, 1.165) is 6.42 Å². The van der Waals surface area contributed by atoms with Crippen molar-refractivity contribution in [1.82, 2.24) is 0 Å². The van der Waals surface area contributed by atoms with Gasteiger partial charge in [0.05, 0.1) is 6.10 Å². The molecule has 0 aromatic heterocycles. The number of hydrogen-bond acceptors (Lipinski definition) is 2. The molecule has 1 aromatic rings. The molecule has 3 N–H and O–H groups in total. The van der Waals surface area contributed by atoms with Crippen molar-refractivity contribution in [1.29, 1.82) is 0 Å². The maximum Gasteiger partial charge on any atom is 0.0623 e. The Morgan fingerprint density at radius 3 is 2.45 bits per heavy atom.